The third kappa shape index (κ3) is 8.05. The SMILES string of the molecule is CCCCc1c(C(O)OC(=O)CC(=O)OC2CC(C)(C)N(C)C(C)(C)C2)cc(C(C)(C)C)cc1C(C)(C)C. The fraction of sp³-hybridized carbons (Fsp3) is 0.750. The van der Waals surface area contributed by atoms with Crippen LogP contribution in [0.25, 0.3) is 0 Å². The average Bonchev–Trinajstić information content (AvgIpc) is 2.73. The summed E-state index contributed by atoms with van der Waals surface area (Å²) in [5, 5.41) is 11.2. The van der Waals surface area contributed by atoms with E-state index in [4.69, 9.17) is 9.47 Å². The summed E-state index contributed by atoms with van der Waals surface area (Å²) in [5.41, 5.74) is 3.27. The highest BCUT2D eigenvalue weighted by atomic mass is 16.6. The molecule has 0 aliphatic carbocycles. The van der Waals surface area contributed by atoms with Crippen molar-refractivity contribution in [1.82, 2.24) is 4.90 Å². The Morgan fingerprint density at radius 2 is 1.55 bits per heavy atom. The Hall–Kier alpha value is -1.92. The van der Waals surface area contributed by atoms with Crippen molar-refractivity contribution < 1.29 is 24.2 Å². The number of ether oxygens (including phenoxy) is 2. The number of unbranched alkanes of at least 4 members (excludes halogenated alkanes) is 1. The fourth-order valence-electron chi connectivity index (χ4n) is 5.59. The van der Waals surface area contributed by atoms with Crippen LogP contribution in [0.3, 0.4) is 0 Å². The molecule has 1 fully saturated rings. The Bertz CT molecular complexity index is 978. The molecule has 1 N–H and O–H groups in total. The van der Waals surface area contributed by atoms with Crippen molar-refractivity contribution in [3.63, 3.8) is 0 Å². The molecule has 38 heavy (non-hydrogen) atoms. The lowest BCUT2D eigenvalue weighted by molar-refractivity contribution is -0.176. The van der Waals surface area contributed by atoms with Gasteiger partial charge in [-0.1, -0.05) is 61.0 Å². The number of hydrogen-bond acceptors (Lipinski definition) is 6. The van der Waals surface area contributed by atoms with Crippen LogP contribution in [0.4, 0.5) is 0 Å². The molecule has 1 aromatic carbocycles. The minimum Gasteiger partial charge on any atom is -0.462 e. The second kappa shape index (κ2) is 11.7. The maximum absolute atomic E-state index is 12.8. The van der Waals surface area contributed by atoms with Gasteiger partial charge in [-0.25, -0.2) is 0 Å². The van der Waals surface area contributed by atoms with Gasteiger partial charge in [-0.15, -0.1) is 0 Å². The highest BCUT2D eigenvalue weighted by Crippen LogP contribution is 2.39. The van der Waals surface area contributed by atoms with Crippen molar-refractivity contribution in [3.05, 3.63) is 34.4 Å². The van der Waals surface area contributed by atoms with Gasteiger partial charge < -0.3 is 14.6 Å². The Morgan fingerprint density at radius 3 is 2.03 bits per heavy atom. The molecule has 216 valence electrons. The van der Waals surface area contributed by atoms with Crippen molar-refractivity contribution in [1.29, 1.82) is 0 Å². The Kier molecular flexibility index (Phi) is 9.92. The van der Waals surface area contributed by atoms with E-state index in [2.05, 4.69) is 94.2 Å². The fourth-order valence-corrected chi connectivity index (χ4v) is 5.59. The minimum absolute atomic E-state index is 0.138. The highest BCUT2D eigenvalue weighted by Gasteiger charge is 2.44. The number of rotatable bonds is 8. The van der Waals surface area contributed by atoms with Crippen LogP contribution in [0.15, 0.2) is 12.1 Å². The van der Waals surface area contributed by atoms with Gasteiger partial charge in [0.05, 0.1) is 0 Å². The summed E-state index contributed by atoms with van der Waals surface area (Å²) in [6.45, 7) is 23.5. The lowest BCUT2D eigenvalue weighted by Gasteiger charge is -2.53. The number of aliphatic hydroxyl groups excluding tert-OH is 1. The lowest BCUT2D eigenvalue weighted by Crippen LogP contribution is -2.60. The number of nitrogens with zero attached hydrogens (tertiary/aromatic N) is 1. The molecular formula is C32H53NO5. The summed E-state index contributed by atoms with van der Waals surface area (Å²) < 4.78 is 11.2. The molecule has 1 unspecified atom stereocenters. The van der Waals surface area contributed by atoms with E-state index in [0.29, 0.717) is 18.4 Å². The number of likely N-dealkylation sites (tertiary alicyclic amines) is 1. The molecule has 1 atom stereocenters. The maximum atomic E-state index is 12.8. The highest BCUT2D eigenvalue weighted by molar-refractivity contribution is 5.91. The molecule has 1 aliphatic heterocycles. The van der Waals surface area contributed by atoms with Crippen LogP contribution >= 0.6 is 0 Å². The summed E-state index contributed by atoms with van der Waals surface area (Å²) in [5.74, 6) is -1.40. The molecule has 0 amide bonds. The monoisotopic (exact) mass is 531 g/mol. The molecule has 0 radical (unpaired) electrons. The van der Waals surface area contributed by atoms with Crippen LogP contribution in [0.5, 0.6) is 0 Å². The van der Waals surface area contributed by atoms with E-state index in [1.54, 1.807) is 0 Å². The van der Waals surface area contributed by atoms with E-state index in [9.17, 15) is 14.7 Å². The molecule has 2 rings (SSSR count). The van der Waals surface area contributed by atoms with E-state index in [0.717, 1.165) is 36.0 Å². The second-order valence-corrected chi connectivity index (χ2v) is 14.4. The molecule has 0 bridgehead atoms. The van der Waals surface area contributed by atoms with Gasteiger partial charge in [-0.2, -0.15) is 0 Å². The molecule has 1 aliphatic rings. The number of hydrogen-bond donors (Lipinski definition) is 1. The van der Waals surface area contributed by atoms with Crippen molar-refractivity contribution in [2.24, 2.45) is 0 Å². The van der Waals surface area contributed by atoms with E-state index >= 15 is 0 Å². The van der Waals surface area contributed by atoms with Crippen molar-refractivity contribution in [3.8, 4) is 0 Å². The van der Waals surface area contributed by atoms with Crippen LogP contribution in [-0.4, -0.2) is 46.2 Å². The predicted octanol–water partition coefficient (Wildman–Crippen LogP) is 6.74. The summed E-state index contributed by atoms with van der Waals surface area (Å²) in [6, 6.07) is 4.18. The standard InChI is InChI=1S/C32H53NO5/c1-13-14-15-23-24(16-21(29(2,3)4)17-25(23)30(5,6)7)28(36)38-27(35)18-26(34)37-22-19-31(8,9)33(12)32(10,11)20-22/h16-17,22,28,36H,13-15,18-20H2,1-12H3. The summed E-state index contributed by atoms with van der Waals surface area (Å²) >= 11 is 0. The molecule has 6 heteroatoms. The van der Waals surface area contributed by atoms with Gasteiger partial charge in [0.25, 0.3) is 0 Å². The quantitative estimate of drug-likeness (QED) is 0.227. The number of esters is 2. The normalized spacial score (nSPS) is 19.2. The Morgan fingerprint density at radius 1 is 1.00 bits per heavy atom. The van der Waals surface area contributed by atoms with Gasteiger partial charge in [0.1, 0.15) is 12.5 Å². The molecule has 6 nitrogen and oxygen atoms in total. The van der Waals surface area contributed by atoms with E-state index in [-0.39, 0.29) is 28.0 Å². The topological polar surface area (TPSA) is 76.1 Å². The predicted molar refractivity (Wildman–Crippen MR) is 153 cm³/mol. The summed E-state index contributed by atoms with van der Waals surface area (Å²) in [7, 11) is 2.09. The molecular weight excluding hydrogens is 478 g/mol. The van der Waals surface area contributed by atoms with Crippen molar-refractivity contribution in [2.45, 2.75) is 149 Å². The summed E-state index contributed by atoms with van der Waals surface area (Å²) in [6.07, 6.45) is 1.86. The molecule has 1 saturated heterocycles. The summed E-state index contributed by atoms with van der Waals surface area (Å²) in [4.78, 5) is 27.8. The zero-order chi connectivity index (χ0) is 29.3. The first kappa shape index (κ1) is 32.3. The Balaban J connectivity index is 2.23. The van der Waals surface area contributed by atoms with Crippen LogP contribution in [-0.2, 0) is 36.3 Å². The number of piperidine rings is 1. The molecule has 0 aromatic heterocycles. The van der Waals surface area contributed by atoms with Crippen LogP contribution in [0, 0.1) is 0 Å². The average molecular weight is 532 g/mol. The third-order valence-corrected chi connectivity index (χ3v) is 8.11. The first-order valence-electron chi connectivity index (χ1n) is 14.2. The number of aliphatic hydroxyl groups is 1. The van der Waals surface area contributed by atoms with E-state index in [1.807, 2.05) is 6.07 Å². The Labute approximate surface area is 231 Å². The number of carbonyl (C=O) groups is 2. The van der Waals surface area contributed by atoms with Gasteiger partial charge in [-0.3, -0.25) is 14.5 Å². The van der Waals surface area contributed by atoms with Crippen LogP contribution in [0.2, 0.25) is 0 Å². The molecule has 1 aromatic rings. The first-order valence-corrected chi connectivity index (χ1v) is 14.2. The number of carbonyl (C=O) groups excluding carboxylic acids is 2. The minimum atomic E-state index is -1.45. The molecule has 0 saturated carbocycles. The zero-order valence-electron chi connectivity index (χ0n) is 26.1. The largest absolute Gasteiger partial charge is 0.462 e. The third-order valence-electron chi connectivity index (χ3n) is 8.11. The lowest BCUT2D eigenvalue weighted by atomic mass is 9.75. The number of benzene rings is 1. The van der Waals surface area contributed by atoms with Crippen molar-refractivity contribution in [2.75, 3.05) is 7.05 Å². The molecule has 0 spiro atoms. The van der Waals surface area contributed by atoms with Gasteiger partial charge in [-0.05, 0) is 81.2 Å². The van der Waals surface area contributed by atoms with Gasteiger partial charge in [0.15, 0.2) is 0 Å². The van der Waals surface area contributed by atoms with Crippen molar-refractivity contribution >= 4 is 11.9 Å². The first-order chi connectivity index (χ1) is 17.2. The smallest absolute Gasteiger partial charge is 0.319 e. The van der Waals surface area contributed by atoms with Gasteiger partial charge >= 0.3 is 11.9 Å². The van der Waals surface area contributed by atoms with Gasteiger partial charge in [0, 0.05) is 29.5 Å². The van der Waals surface area contributed by atoms with Crippen LogP contribution < -0.4 is 0 Å². The van der Waals surface area contributed by atoms with Gasteiger partial charge in [0.2, 0.25) is 6.29 Å². The van der Waals surface area contributed by atoms with E-state index in [1.165, 1.54) is 0 Å². The molecule has 1 heterocycles. The maximum Gasteiger partial charge on any atom is 0.319 e. The van der Waals surface area contributed by atoms with E-state index < -0.39 is 24.6 Å². The second-order valence-electron chi connectivity index (χ2n) is 14.4. The zero-order valence-corrected chi connectivity index (χ0v) is 26.1. The van der Waals surface area contributed by atoms with Crippen LogP contribution in [0.1, 0.15) is 137 Å².